The summed E-state index contributed by atoms with van der Waals surface area (Å²) in [5.41, 5.74) is 1.34. The van der Waals surface area contributed by atoms with Gasteiger partial charge in [-0.3, -0.25) is 4.79 Å². The second kappa shape index (κ2) is 8.26. The number of benzene rings is 1. The standard InChI is InChI=1S/C15H23N3O3/c1-11(8-9-18(2)3)16-15(21)17-13-6-4-12(5-7-13)10-14(19)20/h4-7,11H,8-10H2,1-3H3,(H,19,20)(H2,16,17,21). The summed E-state index contributed by atoms with van der Waals surface area (Å²) in [6, 6.07) is 6.61. The molecule has 0 heterocycles. The van der Waals surface area contributed by atoms with Gasteiger partial charge in [-0.2, -0.15) is 0 Å². The Balaban J connectivity index is 2.42. The molecule has 0 saturated carbocycles. The number of hydrogen-bond acceptors (Lipinski definition) is 3. The van der Waals surface area contributed by atoms with Gasteiger partial charge in [0, 0.05) is 11.7 Å². The van der Waals surface area contributed by atoms with Gasteiger partial charge in [-0.15, -0.1) is 0 Å². The number of anilines is 1. The van der Waals surface area contributed by atoms with Crippen LogP contribution in [0.4, 0.5) is 10.5 Å². The number of nitrogens with one attached hydrogen (secondary N) is 2. The molecule has 0 radical (unpaired) electrons. The highest BCUT2D eigenvalue weighted by molar-refractivity contribution is 5.89. The van der Waals surface area contributed by atoms with Gasteiger partial charge in [0.25, 0.3) is 0 Å². The number of hydrogen-bond donors (Lipinski definition) is 3. The molecule has 6 nitrogen and oxygen atoms in total. The summed E-state index contributed by atoms with van der Waals surface area (Å²) in [5.74, 6) is -0.872. The zero-order valence-electron chi connectivity index (χ0n) is 12.7. The molecule has 0 aliphatic rings. The number of carbonyl (C=O) groups is 2. The van der Waals surface area contributed by atoms with E-state index in [0.29, 0.717) is 11.3 Å². The van der Waals surface area contributed by atoms with E-state index in [1.54, 1.807) is 24.3 Å². The summed E-state index contributed by atoms with van der Waals surface area (Å²) < 4.78 is 0. The van der Waals surface area contributed by atoms with E-state index in [2.05, 4.69) is 15.5 Å². The minimum atomic E-state index is -0.872. The minimum absolute atomic E-state index is 0.0198. The average Bonchev–Trinajstić information content (AvgIpc) is 2.38. The molecule has 0 aliphatic heterocycles. The molecule has 116 valence electrons. The van der Waals surface area contributed by atoms with E-state index in [1.165, 1.54) is 0 Å². The molecular formula is C15H23N3O3. The van der Waals surface area contributed by atoms with Gasteiger partial charge in [0.05, 0.1) is 6.42 Å². The highest BCUT2D eigenvalue weighted by Gasteiger charge is 2.08. The fourth-order valence-electron chi connectivity index (χ4n) is 1.80. The lowest BCUT2D eigenvalue weighted by Gasteiger charge is -2.17. The molecule has 0 bridgehead atoms. The second-order valence-corrected chi connectivity index (χ2v) is 5.36. The Bertz CT molecular complexity index is 472. The van der Waals surface area contributed by atoms with Gasteiger partial charge in [0.2, 0.25) is 0 Å². The van der Waals surface area contributed by atoms with Crippen molar-refractivity contribution in [3.63, 3.8) is 0 Å². The highest BCUT2D eigenvalue weighted by atomic mass is 16.4. The lowest BCUT2D eigenvalue weighted by Crippen LogP contribution is -2.37. The normalized spacial score (nSPS) is 12.0. The lowest BCUT2D eigenvalue weighted by atomic mass is 10.1. The van der Waals surface area contributed by atoms with Crippen LogP contribution in [0.15, 0.2) is 24.3 Å². The molecule has 1 aromatic rings. The van der Waals surface area contributed by atoms with Crippen LogP contribution in [-0.2, 0) is 11.2 Å². The minimum Gasteiger partial charge on any atom is -0.481 e. The molecule has 1 unspecified atom stereocenters. The Morgan fingerprint density at radius 2 is 1.86 bits per heavy atom. The Labute approximate surface area is 125 Å². The van der Waals surface area contributed by atoms with E-state index in [4.69, 9.17) is 5.11 Å². The smallest absolute Gasteiger partial charge is 0.319 e. The molecule has 0 aromatic heterocycles. The first-order valence-electron chi connectivity index (χ1n) is 6.90. The van der Waals surface area contributed by atoms with Crippen LogP contribution in [0.25, 0.3) is 0 Å². The summed E-state index contributed by atoms with van der Waals surface area (Å²) in [7, 11) is 3.98. The SMILES string of the molecule is CC(CCN(C)C)NC(=O)Nc1ccc(CC(=O)O)cc1. The van der Waals surface area contributed by atoms with Gasteiger partial charge in [0.15, 0.2) is 0 Å². The molecule has 2 amide bonds. The predicted molar refractivity (Wildman–Crippen MR) is 82.6 cm³/mol. The number of amides is 2. The number of urea groups is 1. The summed E-state index contributed by atoms with van der Waals surface area (Å²) >= 11 is 0. The molecule has 3 N–H and O–H groups in total. The Morgan fingerprint density at radius 3 is 2.38 bits per heavy atom. The van der Waals surface area contributed by atoms with Crippen molar-refractivity contribution < 1.29 is 14.7 Å². The van der Waals surface area contributed by atoms with Crippen molar-refractivity contribution in [1.82, 2.24) is 10.2 Å². The zero-order valence-corrected chi connectivity index (χ0v) is 12.7. The fraction of sp³-hybridized carbons (Fsp3) is 0.467. The van der Waals surface area contributed by atoms with Crippen molar-refractivity contribution >= 4 is 17.7 Å². The van der Waals surface area contributed by atoms with E-state index in [1.807, 2.05) is 21.0 Å². The van der Waals surface area contributed by atoms with E-state index in [9.17, 15) is 9.59 Å². The van der Waals surface area contributed by atoms with Crippen molar-refractivity contribution in [2.45, 2.75) is 25.8 Å². The zero-order chi connectivity index (χ0) is 15.8. The maximum atomic E-state index is 11.8. The summed E-state index contributed by atoms with van der Waals surface area (Å²) in [6.45, 7) is 2.87. The van der Waals surface area contributed by atoms with Gasteiger partial charge in [-0.1, -0.05) is 12.1 Å². The maximum absolute atomic E-state index is 11.8. The molecule has 1 aromatic carbocycles. The molecule has 1 rings (SSSR count). The fourth-order valence-corrected chi connectivity index (χ4v) is 1.80. The van der Waals surface area contributed by atoms with Crippen LogP contribution in [-0.4, -0.2) is 48.7 Å². The van der Waals surface area contributed by atoms with Crippen LogP contribution in [0.2, 0.25) is 0 Å². The van der Waals surface area contributed by atoms with Crippen molar-refractivity contribution in [3.05, 3.63) is 29.8 Å². The monoisotopic (exact) mass is 293 g/mol. The van der Waals surface area contributed by atoms with Crippen LogP contribution in [0.5, 0.6) is 0 Å². The van der Waals surface area contributed by atoms with E-state index in [0.717, 1.165) is 13.0 Å². The molecule has 6 heteroatoms. The number of carboxylic acid groups (broad SMARTS) is 1. The summed E-state index contributed by atoms with van der Waals surface area (Å²) in [6.07, 6.45) is 0.853. The Morgan fingerprint density at radius 1 is 1.24 bits per heavy atom. The number of rotatable bonds is 7. The van der Waals surface area contributed by atoms with Gasteiger partial charge in [0.1, 0.15) is 0 Å². The van der Waals surface area contributed by atoms with Crippen LogP contribution in [0, 0.1) is 0 Å². The first-order chi connectivity index (χ1) is 9.86. The highest BCUT2D eigenvalue weighted by Crippen LogP contribution is 2.10. The van der Waals surface area contributed by atoms with Crippen LogP contribution in [0.3, 0.4) is 0 Å². The van der Waals surface area contributed by atoms with Gasteiger partial charge in [-0.05, 0) is 51.7 Å². The quantitative estimate of drug-likeness (QED) is 0.715. The third-order valence-electron chi connectivity index (χ3n) is 2.95. The number of carboxylic acids is 1. The number of carbonyl (C=O) groups excluding carboxylic acids is 1. The van der Waals surface area contributed by atoms with Crippen LogP contribution in [0.1, 0.15) is 18.9 Å². The lowest BCUT2D eigenvalue weighted by molar-refractivity contribution is -0.136. The molecule has 1 atom stereocenters. The Hall–Kier alpha value is -2.08. The third kappa shape index (κ3) is 7.31. The van der Waals surface area contributed by atoms with Crippen molar-refractivity contribution in [2.75, 3.05) is 26.0 Å². The summed E-state index contributed by atoms with van der Waals surface area (Å²) in [5, 5.41) is 14.3. The third-order valence-corrected chi connectivity index (χ3v) is 2.95. The van der Waals surface area contributed by atoms with Crippen molar-refractivity contribution in [2.24, 2.45) is 0 Å². The molecular weight excluding hydrogens is 270 g/mol. The molecule has 0 spiro atoms. The van der Waals surface area contributed by atoms with Gasteiger partial charge < -0.3 is 20.6 Å². The molecule has 0 saturated heterocycles. The average molecular weight is 293 g/mol. The predicted octanol–water partition coefficient (Wildman–Crippen LogP) is 1.78. The molecule has 0 fully saturated rings. The van der Waals surface area contributed by atoms with Crippen molar-refractivity contribution in [1.29, 1.82) is 0 Å². The molecule has 0 aliphatic carbocycles. The maximum Gasteiger partial charge on any atom is 0.319 e. The second-order valence-electron chi connectivity index (χ2n) is 5.36. The van der Waals surface area contributed by atoms with Crippen LogP contribution >= 0.6 is 0 Å². The number of nitrogens with zero attached hydrogens (tertiary/aromatic N) is 1. The van der Waals surface area contributed by atoms with Crippen LogP contribution < -0.4 is 10.6 Å². The van der Waals surface area contributed by atoms with E-state index < -0.39 is 5.97 Å². The molecule has 21 heavy (non-hydrogen) atoms. The first kappa shape index (κ1) is 17.0. The largest absolute Gasteiger partial charge is 0.481 e. The van der Waals surface area contributed by atoms with Gasteiger partial charge in [-0.25, -0.2) is 4.79 Å². The van der Waals surface area contributed by atoms with E-state index in [-0.39, 0.29) is 18.5 Å². The Kier molecular flexibility index (Phi) is 6.68. The van der Waals surface area contributed by atoms with Crippen molar-refractivity contribution in [3.8, 4) is 0 Å². The summed E-state index contributed by atoms with van der Waals surface area (Å²) in [4.78, 5) is 24.4. The first-order valence-corrected chi connectivity index (χ1v) is 6.90. The number of aliphatic carboxylic acids is 1. The topological polar surface area (TPSA) is 81.7 Å². The van der Waals surface area contributed by atoms with Gasteiger partial charge >= 0.3 is 12.0 Å². The van der Waals surface area contributed by atoms with E-state index >= 15 is 0 Å².